The van der Waals surface area contributed by atoms with Crippen molar-refractivity contribution >= 4 is 34.3 Å². The lowest BCUT2D eigenvalue weighted by atomic mass is 9.95. The largest absolute Gasteiger partial charge is 0.355 e. The molecule has 32 heavy (non-hydrogen) atoms. The molecule has 1 aliphatic heterocycles. The molecule has 1 unspecified atom stereocenters. The molecule has 2 amide bonds. The lowest BCUT2D eigenvalue weighted by Gasteiger charge is -2.32. The lowest BCUT2D eigenvalue weighted by molar-refractivity contribution is -0.126. The highest BCUT2D eigenvalue weighted by molar-refractivity contribution is 7.98. The van der Waals surface area contributed by atoms with Crippen LogP contribution in [0.4, 0.5) is 4.39 Å². The van der Waals surface area contributed by atoms with Gasteiger partial charge in [0, 0.05) is 36.7 Å². The van der Waals surface area contributed by atoms with Crippen LogP contribution in [0.25, 0.3) is 10.8 Å². The summed E-state index contributed by atoms with van der Waals surface area (Å²) in [7, 11) is 0. The number of carbonyl (C=O) groups excluding carboxylic acids is 2. The van der Waals surface area contributed by atoms with Gasteiger partial charge >= 0.3 is 0 Å². The van der Waals surface area contributed by atoms with Crippen molar-refractivity contribution in [2.45, 2.75) is 18.6 Å². The molecule has 0 bridgehead atoms. The SMILES string of the molecule is O=C(NCCSCc1ccccc1F)C1CCCN(C(=O)c2cccc3ccccc23)C1. The third-order valence-corrected chi connectivity index (χ3v) is 6.87. The highest BCUT2D eigenvalue weighted by Crippen LogP contribution is 2.24. The predicted molar refractivity (Wildman–Crippen MR) is 128 cm³/mol. The van der Waals surface area contributed by atoms with E-state index in [1.54, 1.807) is 23.9 Å². The molecule has 4 nitrogen and oxygen atoms in total. The quantitative estimate of drug-likeness (QED) is 0.522. The van der Waals surface area contributed by atoms with Gasteiger partial charge in [0.2, 0.25) is 5.91 Å². The van der Waals surface area contributed by atoms with Crippen LogP contribution in [0.1, 0.15) is 28.8 Å². The van der Waals surface area contributed by atoms with E-state index in [0.29, 0.717) is 42.3 Å². The first-order valence-corrected chi connectivity index (χ1v) is 12.1. The van der Waals surface area contributed by atoms with Crippen molar-refractivity contribution in [1.29, 1.82) is 0 Å². The molecule has 166 valence electrons. The zero-order chi connectivity index (χ0) is 22.3. The van der Waals surface area contributed by atoms with Gasteiger partial charge in [0.05, 0.1) is 5.92 Å². The molecule has 6 heteroatoms. The Bertz CT molecular complexity index is 1100. The van der Waals surface area contributed by atoms with Crippen LogP contribution in [0, 0.1) is 11.7 Å². The number of nitrogens with zero attached hydrogens (tertiary/aromatic N) is 1. The Kier molecular flexibility index (Phi) is 7.43. The Morgan fingerprint density at radius 3 is 2.69 bits per heavy atom. The highest BCUT2D eigenvalue weighted by Gasteiger charge is 2.29. The zero-order valence-corrected chi connectivity index (χ0v) is 18.7. The second-order valence-electron chi connectivity index (χ2n) is 8.05. The van der Waals surface area contributed by atoms with E-state index in [-0.39, 0.29) is 23.5 Å². The van der Waals surface area contributed by atoms with Crippen LogP contribution >= 0.6 is 11.8 Å². The van der Waals surface area contributed by atoms with Crippen molar-refractivity contribution in [1.82, 2.24) is 10.2 Å². The fourth-order valence-corrected chi connectivity index (χ4v) is 4.99. The number of rotatable bonds is 7. The van der Waals surface area contributed by atoms with Gasteiger partial charge in [0.25, 0.3) is 5.91 Å². The number of halogens is 1. The topological polar surface area (TPSA) is 49.4 Å². The Hall–Kier alpha value is -2.86. The summed E-state index contributed by atoms with van der Waals surface area (Å²) in [6, 6.07) is 20.4. The average Bonchev–Trinajstić information content (AvgIpc) is 2.84. The fraction of sp³-hybridized carbons (Fsp3) is 0.308. The van der Waals surface area contributed by atoms with Crippen LogP contribution in [-0.4, -0.2) is 42.1 Å². The third kappa shape index (κ3) is 5.30. The van der Waals surface area contributed by atoms with Gasteiger partial charge in [-0.1, -0.05) is 54.6 Å². The van der Waals surface area contributed by atoms with Crippen molar-refractivity contribution in [2.75, 3.05) is 25.4 Å². The highest BCUT2D eigenvalue weighted by atomic mass is 32.2. The van der Waals surface area contributed by atoms with Gasteiger partial charge in [-0.25, -0.2) is 4.39 Å². The number of likely N-dealkylation sites (tertiary alicyclic amines) is 1. The molecule has 1 atom stereocenters. The Morgan fingerprint density at radius 2 is 1.81 bits per heavy atom. The van der Waals surface area contributed by atoms with Crippen molar-refractivity contribution < 1.29 is 14.0 Å². The third-order valence-electron chi connectivity index (χ3n) is 5.86. The maximum Gasteiger partial charge on any atom is 0.254 e. The normalized spacial score (nSPS) is 16.2. The predicted octanol–water partition coefficient (Wildman–Crippen LogP) is 4.88. The van der Waals surface area contributed by atoms with Crippen molar-refractivity contribution in [3.63, 3.8) is 0 Å². The minimum absolute atomic E-state index is 0.00749. The number of thioether (sulfide) groups is 1. The summed E-state index contributed by atoms with van der Waals surface area (Å²) in [6.07, 6.45) is 1.60. The molecule has 0 aliphatic carbocycles. The summed E-state index contributed by atoms with van der Waals surface area (Å²) in [5.74, 6) is 0.887. The van der Waals surface area contributed by atoms with Crippen LogP contribution in [-0.2, 0) is 10.5 Å². The second kappa shape index (κ2) is 10.6. The van der Waals surface area contributed by atoms with Gasteiger partial charge in [0.15, 0.2) is 0 Å². The van der Waals surface area contributed by atoms with Gasteiger partial charge in [0.1, 0.15) is 5.82 Å². The molecule has 1 heterocycles. The Labute approximate surface area is 192 Å². The van der Waals surface area contributed by atoms with Gasteiger partial charge in [-0.2, -0.15) is 11.8 Å². The van der Waals surface area contributed by atoms with E-state index >= 15 is 0 Å². The number of nitrogens with one attached hydrogen (secondary N) is 1. The van der Waals surface area contributed by atoms with Crippen LogP contribution in [0.3, 0.4) is 0 Å². The number of hydrogen-bond donors (Lipinski definition) is 1. The van der Waals surface area contributed by atoms with Crippen molar-refractivity contribution in [2.24, 2.45) is 5.92 Å². The summed E-state index contributed by atoms with van der Waals surface area (Å²) < 4.78 is 13.7. The molecular weight excluding hydrogens is 423 g/mol. The van der Waals surface area contributed by atoms with E-state index in [2.05, 4.69) is 5.32 Å². The van der Waals surface area contributed by atoms with E-state index in [0.717, 1.165) is 23.6 Å². The molecule has 1 aliphatic rings. The first kappa shape index (κ1) is 22.3. The van der Waals surface area contributed by atoms with Crippen LogP contribution in [0.5, 0.6) is 0 Å². The van der Waals surface area contributed by atoms with Gasteiger partial charge in [-0.3, -0.25) is 9.59 Å². The number of benzene rings is 3. The first-order valence-electron chi connectivity index (χ1n) is 11.0. The van der Waals surface area contributed by atoms with Crippen LogP contribution in [0.2, 0.25) is 0 Å². The molecular formula is C26H27FN2O2S. The number of fused-ring (bicyclic) bond motifs is 1. The van der Waals surface area contributed by atoms with Crippen molar-refractivity contribution in [3.8, 4) is 0 Å². The summed E-state index contributed by atoms with van der Waals surface area (Å²) in [5.41, 5.74) is 1.37. The van der Waals surface area contributed by atoms with Crippen molar-refractivity contribution in [3.05, 3.63) is 83.7 Å². The molecule has 0 aromatic heterocycles. The second-order valence-corrected chi connectivity index (χ2v) is 9.16. The number of piperidine rings is 1. The smallest absolute Gasteiger partial charge is 0.254 e. The van der Waals surface area contributed by atoms with E-state index in [9.17, 15) is 14.0 Å². The zero-order valence-electron chi connectivity index (χ0n) is 17.9. The molecule has 0 radical (unpaired) electrons. The lowest BCUT2D eigenvalue weighted by Crippen LogP contribution is -2.45. The minimum atomic E-state index is -0.195. The van der Waals surface area contributed by atoms with Gasteiger partial charge < -0.3 is 10.2 Å². The minimum Gasteiger partial charge on any atom is -0.355 e. The number of amides is 2. The van der Waals surface area contributed by atoms with Gasteiger partial charge in [-0.15, -0.1) is 0 Å². The Balaban J connectivity index is 1.28. The van der Waals surface area contributed by atoms with E-state index in [1.165, 1.54) is 6.07 Å². The number of carbonyl (C=O) groups is 2. The monoisotopic (exact) mass is 450 g/mol. The number of hydrogen-bond acceptors (Lipinski definition) is 3. The molecule has 0 saturated carbocycles. The maximum atomic E-state index is 13.7. The molecule has 1 fully saturated rings. The molecule has 0 spiro atoms. The summed E-state index contributed by atoms with van der Waals surface area (Å²) in [4.78, 5) is 27.7. The van der Waals surface area contributed by atoms with E-state index < -0.39 is 0 Å². The van der Waals surface area contributed by atoms with Gasteiger partial charge in [-0.05, 0) is 41.3 Å². The fourth-order valence-electron chi connectivity index (χ4n) is 4.15. The van der Waals surface area contributed by atoms with Crippen LogP contribution < -0.4 is 5.32 Å². The maximum absolute atomic E-state index is 13.7. The van der Waals surface area contributed by atoms with Crippen LogP contribution in [0.15, 0.2) is 66.7 Å². The summed E-state index contributed by atoms with van der Waals surface area (Å²) >= 11 is 1.59. The molecule has 3 aromatic rings. The molecule has 1 saturated heterocycles. The molecule has 3 aromatic carbocycles. The molecule has 4 rings (SSSR count). The van der Waals surface area contributed by atoms with E-state index in [1.807, 2.05) is 53.4 Å². The Morgan fingerprint density at radius 1 is 1.03 bits per heavy atom. The summed E-state index contributed by atoms with van der Waals surface area (Å²) in [6.45, 7) is 1.65. The first-order chi connectivity index (χ1) is 15.6. The van der Waals surface area contributed by atoms with E-state index in [4.69, 9.17) is 0 Å². The molecule has 1 N–H and O–H groups in total. The summed E-state index contributed by atoms with van der Waals surface area (Å²) in [5, 5.41) is 4.97. The standard InChI is InChI=1S/C26H27FN2O2S/c27-24-13-4-2-8-21(24)18-32-16-14-28-25(30)20-10-6-15-29(17-20)26(31)23-12-5-9-19-7-1-3-11-22(19)23/h1-5,7-9,11-13,20H,6,10,14-18H2,(H,28,30). The average molecular weight is 451 g/mol.